The first-order chi connectivity index (χ1) is 56.4. The molecule has 12 heterocycles. The van der Waals surface area contributed by atoms with E-state index in [0.717, 1.165) is 0 Å². The molecule has 0 amide bonds. The van der Waals surface area contributed by atoms with Crippen molar-refractivity contribution < 1.29 is 71.5 Å². The van der Waals surface area contributed by atoms with Gasteiger partial charge >= 0.3 is 35.8 Å². The number of methoxy groups -OCH3 is 3. The van der Waals surface area contributed by atoms with Crippen LogP contribution in [0.4, 0.5) is 31.0 Å². The molecule has 3 saturated heterocycles. The van der Waals surface area contributed by atoms with E-state index in [2.05, 4.69) is 60.8 Å². The van der Waals surface area contributed by atoms with E-state index in [1.807, 2.05) is 30.8 Å². The van der Waals surface area contributed by atoms with E-state index in [9.17, 15) is 52.2 Å². The molecule has 6 N–H and O–H groups in total. The number of amidine groups is 3. The van der Waals surface area contributed by atoms with Crippen LogP contribution in [0.15, 0.2) is 163 Å². The van der Waals surface area contributed by atoms with E-state index in [1.165, 1.54) is 135 Å². The zero-order chi connectivity index (χ0) is 82.9. The highest BCUT2D eigenvalue weighted by Gasteiger charge is 2.42. The Balaban J connectivity index is 0.000000152. The average molecular weight is 1710 g/mol. The molecule has 3 atom stereocenters. The number of piperidine rings is 3. The monoisotopic (exact) mass is 1710 g/mol. The summed E-state index contributed by atoms with van der Waals surface area (Å²) in [6.45, 7) is 6.70. The topological polar surface area (TPSA) is 390 Å². The van der Waals surface area contributed by atoms with Crippen molar-refractivity contribution in [3.63, 3.8) is 0 Å². The Morgan fingerprint density at radius 1 is 0.470 bits per heavy atom. The van der Waals surface area contributed by atoms with Gasteiger partial charge in [-0.3, -0.25) is 19.8 Å². The third kappa shape index (κ3) is 18.9. The summed E-state index contributed by atoms with van der Waals surface area (Å²) in [4.78, 5) is 133. The van der Waals surface area contributed by atoms with Gasteiger partial charge in [-0.2, -0.15) is 0 Å². The first-order valence-electron chi connectivity index (χ1n) is 36.3. The van der Waals surface area contributed by atoms with Crippen molar-refractivity contribution in [1.29, 1.82) is 0 Å². The SMILES string of the molecule is COC(=O)C1=C(C2CCN(c3ncc(C(=O)O)c(C)n3)CC2)NC(c2nccs2)=NC1c1ccc(F)cc1Cl.COC(=O)C1=C(C2CCN(c3ncc(C)c(C(=O)O)n3)CC2)NC(c2nccs2)=NC1c1ccc(F)cc1Cl.COC(=O)C1=C(C2CCN(c3ncc(CC(=O)O)cn3)CC2)NC(c2nccs2)=NC1c1ccc(F)cc1Cl. The number of aromatic carboxylic acids is 2. The van der Waals surface area contributed by atoms with Gasteiger partial charge in [0.05, 0.1) is 55.7 Å². The number of hydrogen-bond donors (Lipinski definition) is 6. The number of aliphatic carboxylic acids is 1. The third-order valence-electron chi connectivity index (χ3n) is 20.1. The maximum absolute atomic E-state index is 13.9. The number of benzene rings is 3. The van der Waals surface area contributed by atoms with Gasteiger partial charge in [-0.25, -0.2) is 82.0 Å². The Hall–Kier alpha value is -11.7. The molecule has 9 aromatic rings. The van der Waals surface area contributed by atoms with Crippen molar-refractivity contribution >= 4 is 140 Å². The fourth-order valence-electron chi connectivity index (χ4n) is 14.4. The van der Waals surface area contributed by atoms with E-state index < -0.39 is 71.4 Å². The number of anilines is 3. The highest BCUT2D eigenvalue weighted by molar-refractivity contribution is 7.12. The molecule has 0 saturated carbocycles. The summed E-state index contributed by atoms with van der Waals surface area (Å²) in [6, 6.07) is 9.55. The number of carbonyl (C=O) groups excluding carboxylic acids is 3. The number of rotatable bonds is 19. The Morgan fingerprint density at radius 3 is 1.12 bits per heavy atom. The van der Waals surface area contributed by atoms with Crippen molar-refractivity contribution in [1.82, 2.24) is 60.8 Å². The molecule has 6 aromatic heterocycles. The molecule has 6 aliphatic rings. The Morgan fingerprint density at radius 2 is 0.812 bits per heavy atom. The van der Waals surface area contributed by atoms with Crippen LogP contribution in [-0.2, 0) is 39.8 Å². The third-order valence-corrected chi connectivity index (χ3v) is 23.4. The van der Waals surface area contributed by atoms with Gasteiger partial charge in [0, 0.05) is 177 Å². The minimum atomic E-state index is -1.11. The van der Waals surface area contributed by atoms with Gasteiger partial charge in [0.15, 0.2) is 38.2 Å². The second kappa shape index (κ2) is 37.1. The van der Waals surface area contributed by atoms with E-state index in [1.54, 1.807) is 32.4 Å². The molecule has 6 aliphatic heterocycles. The number of ether oxygens (including phenoxy) is 3. The molecule has 30 nitrogen and oxygen atoms in total. The van der Waals surface area contributed by atoms with Crippen LogP contribution >= 0.6 is 68.8 Å². The normalized spacial score (nSPS) is 18.0. The van der Waals surface area contributed by atoms with E-state index in [4.69, 9.17) is 69.1 Å². The van der Waals surface area contributed by atoms with Crippen LogP contribution in [0.5, 0.6) is 0 Å². The van der Waals surface area contributed by atoms with Crippen LogP contribution in [0.1, 0.15) is 126 Å². The molecule has 3 fully saturated rings. The molecule has 3 aromatic carbocycles. The lowest BCUT2D eigenvalue weighted by atomic mass is 9.85. The number of carboxylic acids is 3. The number of halogens is 6. The van der Waals surface area contributed by atoms with E-state index in [0.29, 0.717) is 195 Å². The van der Waals surface area contributed by atoms with Gasteiger partial charge in [0.2, 0.25) is 17.8 Å². The highest BCUT2D eigenvalue weighted by Crippen LogP contribution is 2.45. The van der Waals surface area contributed by atoms with E-state index >= 15 is 0 Å². The number of carboxylic acid groups (broad SMARTS) is 3. The molecule has 3 unspecified atom stereocenters. The molecule has 15 rings (SSSR count). The zero-order valence-electron chi connectivity index (χ0n) is 62.8. The largest absolute Gasteiger partial charge is 0.481 e. The number of esters is 3. The number of nitrogens with zero attached hydrogens (tertiary/aromatic N) is 15. The first-order valence-corrected chi connectivity index (χ1v) is 40.1. The van der Waals surface area contributed by atoms with Crippen LogP contribution in [-0.4, -0.2) is 174 Å². The van der Waals surface area contributed by atoms with Crippen molar-refractivity contribution in [3.8, 4) is 0 Å². The first kappa shape index (κ1) is 83.3. The van der Waals surface area contributed by atoms with Crippen LogP contribution < -0.4 is 30.7 Å². The van der Waals surface area contributed by atoms with Crippen LogP contribution in [0, 0.1) is 49.1 Å². The summed E-state index contributed by atoms with van der Waals surface area (Å²) in [7, 11) is 3.91. The van der Waals surface area contributed by atoms with Gasteiger partial charge < -0.3 is 60.2 Å². The molecule has 0 bridgehead atoms. The molecule has 117 heavy (non-hydrogen) atoms. The predicted molar refractivity (Wildman–Crippen MR) is 431 cm³/mol. The van der Waals surface area contributed by atoms with Crippen LogP contribution in [0.3, 0.4) is 0 Å². The molecule has 0 spiro atoms. The highest BCUT2D eigenvalue weighted by atomic mass is 35.5. The predicted octanol–water partition coefficient (Wildman–Crippen LogP) is 12.1. The number of carbonyl (C=O) groups is 6. The summed E-state index contributed by atoms with van der Waals surface area (Å²) < 4.78 is 57.1. The molecule has 39 heteroatoms. The second-order valence-corrected chi connectivity index (χ2v) is 31.1. The summed E-state index contributed by atoms with van der Waals surface area (Å²) in [5.41, 5.74) is 5.76. The number of aromatic nitrogens is 9. The van der Waals surface area contributed by atoms with Gasteiger partial charge in [0.25, 0.3) is 0 Å². The number of allylic oxidation sites excluding steroid dienone is 3. The molecule has 606 valence electrons. The number of thiazole rings is 3. The van der Waals surface area contributed by atoms with Crippen molar-refractivity contribution in [2.45, 2.75) is 76.9 Å². The molecule has 0 radical (unpaired) electrons. The van der Waals surface area contributed by atoms with Gasteiger partial charge in [-0.15, -0.1) is 34.0 Å². The van der Waals surface area contributed by atoms with Crippen molar-refractivity contribution in [2.75, 3.05) is 75.3 Å². The average Bonchev–Trinajstić information content (AvgIpc) is 1.65. The second-order valence-electron chi connectivity index (χ2n) is 27.2. The fraction of sp³-hybridized carbons (Fsp3) is 0.308. The Bertz CT molecular complexity index is 5470. The quantitative estimate of drug-likeness (QED) is 0.0323. The molecular weight excluding hydrogens is 1640 g/mol. The van der Waals surface area contributed by atoms with Gasteiger partial charge in [-0.1, -0.05) is 53.0 Å². The lowest BCUT2D eigenvalue weighted by Crippen LogP contribution is -2.42. The van der Waals surface area contributed by atoms with Crippen LogP contribution in [0.2, 0.25) is 15.1 Å². The van der Waals surface area contributed by atoms with E-state index in [-0.39, 0.29) is 50.5 Å². The van der Waals surface area contributed by atoms with Crippen molar-refractivity contribution in [3.05, 3.63) is 240 Å². The van der Waals surface area contributed by atoms with Gasteiger partial charge in [0.1, 0.15) is 35.6 Å². The Labute approximate surface area is 693 Å². The summed E-state index contributed by atoms with van der Waals surface area (Å²) in [5, 5.41) is 45.6. The van der Waals surface area contributed by atoms with Crippen LogP contribution in [0.25, 0.3) is 0 Å². The zero-order valence-corrected chi connectivity index (χ0v) is 67.6. The summed E-state index contributed by atoms with van der Waals surface area (Å²) in [6.07, 6.45) is 14.6. The molecular formula is C78H72Cl3F3N18O12S3. The fourth-order valence-corrected chi connectivity index (χ4v) is 16.9. The minimum absolute atomic E-state index is 0.0323. The smallest absolute Gasteiger partial charge is 0.354 e. The maximum Gasteiger partial charge on any atom is 0.354 e. The number of aliphatic imine (C=N–C) groups is 3. The number of nitrogens with one attached hydrogen (secondary N) is 3. The minimum Gasteiger partial charge on any atom is -0.481 e. The molecule has 0 aliphatic carbocycles. The van der Waals surface area contributed by atoms with Gasteiger partial charge in [-0.05, 0) is 88.8 Å². The number of aryl methyl sites for hydroxylation is 2. The summed E-state index contributed by atoms with van der Waals surface area (Å²) >= 11 is 23.5. The number of hydrogen-bond acceptors (Lipinski definition) is 30. The maximum atomic E-state index is 13.9. The van der Waals surface area contributed by atoms with Crippen molar-refractivity contribution in [2.24, 2.45) is 32.7 Å². The lowest BCUT2D eigenvalue weighted by Gasteiger charge is -2.36. The lowest BCUT2D eigenvalue weighted by molar-refractivity contribution is -0.137. The summed E-state index contributed by atoms with van der Waals surface area (Å²) in [5.74, 6) is -3.75. The standard InChI is InChI=1S/3C26H24ClFN6O4S/c1-13-17(24(35)36)12-30-26(31-13)34-8-5-14(6-9-34)20-19(25(37)38-2)21(16-4-3-15(28)11-18(16)27)33-22(32-20)23-29-7-10-39-23;1-13-12-30-26(33-19(13)24(35)36)34-8-5-14(6-9-34)20-18(25(37)38-2)21(16-4-3-15(28)11-17(16)27)32-22(31-20)23-29-7-10-39-23;1-38-25(37)20-21(15-4-7-34(8-5-15)26-30-12-14(13-31-26)10-19(35)36)32-23(24-29-6-9-39-24)33-22(20)17-3-2-16(28)11-18(17)27/h3-4,7,10-12,14,21H,5-6,8-9H2,1-2H3,(H,32,33)(H,35,36);3-4,7,10-12,14,21H,5-6,8-9H2,1-2H3,(H,31,32)(H,35,36);2-3,6,9,11-13,15,22H,4-5,7-8,10H2,1H3,(H,32,33)(H,35,36). The Kier molecular flexibility index (Phi) is 26.4.